The van der Waals surface area contributed by atoms with E-state index in [0.29, 0.717) is 0 Å². The van der Waals surface area contributed by atoms with Crippen molar-refractivity contribution in [3.63, 3.8) is 0 Å². The van der Waals surface area contributed by atoms with Crippen molar-refractivity contribution in [2.45, 2.75) is 35.5 Å². The first kappa shape index (κ1) is 18.4. The molecule has 0 bridgehead atoms. The summed E-state index contributed by atoms with van der Waals surface area (Å²) in [4.78, 5) is 12.3. The lowest BCUT2D eigenvalue weighted by Crippen LogP contribution is -2.49. The summed E-state index contributed by atoms with van der Waals surface area (Å²) in [7, 11) is -3.49. The van der Waals surface area contributed by atoms with Gasteiger partial charge in [-0.1, -0.05) is 30.3 Å². The monoisotopic (exact) mass is 383 g/mol. The van der Waals surface area contributed by atoms with Gasteiger partial charge in [0.15, 0.2) is 9.84 Å². The maximum absolute atomic E-state index is 14.0. The second kappa shape index (κ2) is 7.11. The average molecular weight is 383 g/mol. The van der Waals surface area contributed by atoms with Crippen LogP contribution in [0.25, 0.3) is 0 Å². The van der Waals surface area contributed by atoms with Gasteiger partial charge in [0, 0.05) is 6.04 Å². The zero-order chi connectivity index (χ0) is 18.9. The first-order valence-corrected chi connectivity index (χ1v) is 9.51. The molecule has 138 valence electrons. The van der Waals surface area contributed by atoms with E-state index in [1.54, 1.807) is 18.2 Å². The summed E-state index contributed by atoms with van der Waals surface area (Å²) in [6.07, 6.45) is -2.63. The molecule has 26 heavy (non-hydrogen) atoms. The largest absolute Gasteiger partial charge is 0.349 e. The summed E-state index contributed by atoms with van der Waals surface area (Å²) in [5, 5.41) is 1.87. The van der Waals surface area contributed by atoms with Gasteiger partial charge in [0.2, 0.25) is 0 Å². The van der Waals surface area contributed by atoms with Crippen LogP contribution in [0.3, 0.4) is 0 Å². The Morgan fingerprint density at radius 2 is 1.69 bits per heavy atom. The van der Waals surface area contributed by atoms with Crippen LogP contribution in [0.1, 0.15) is 35.2 Å². The van der Waals surface area contributed by atoms with Gasteiger partial charge in [0.05, 0.1) is 21.3 Å². The molecule has 2 aromatic carbocycles. The molecule has 0 aromatic heterocycles. The number of hydrogen-bond donors (Lipinski definition) is 1. The minimum atomic E-state index is -3.49. The van der Waals surface area contributed by atoms with Gasteiger partial charge in [-0.3, -0.25) is 4.79 Å². The lowest BCUT2D eigenvalue weighted by Gasteiger charge is -2.35. The van der Waals surface area contributed by atoms with Crippen molar-refractivity contribution in [2.24, 2.45) is 0 Å². The van der Waals surface area contributed by atoms with E-state index < -0.39 is 50.4 Å². The third-order valence-corrected chi connectivity index (χ3v) is 6.64. The molecule has 1 aliphatic carbocycles. The molecular formula is C18H16F3NO3S. The van der Waals surface area contributed by atoms with Gasteiger partial charge >= 0.3 is 0 Å². The van der Waals surface area contributed by atoms with Gasteiger partial charge in [0.25, 0.3) is 12.3 Å². The molecule has 0 unspecified atom stereocenters. The Bertz CT molecular complexity index is 911. The molecule has 1 aliphatic rings. The van der Waals surface area contributed by atoms with Crippen LogP contribution in [0.15, 0.2) is 53.4 Å². The second-order valence-corrected chi connectivity index (χ2v) is 8.36. The highest BCUT2D eigenvalue weighted by atomic mass is 32.2. The molecule has 1 fully saturated rings. The van der Waals surface area contributed by atoms with Crippen molar-refractivity contribution in [3.05, 3.63) is 65.5 Å². The minimum Gasteiger partial charge on any atom is -0.349 e. The first-order valence-electron chi connectivity index (χ1n) is 7.97. The summed E-state index contributed by atoms with van der Waals surface area (Å²) in [6, 6.07) is 10.8. The van der Waals surface area contributed by atoms with E-state index in [2.05, 4.69) is 5.32 Å². The van der Waals surface area contributed by atoms with Crippen LogP contribution in [-0.2, 0) is 9.84 Å². The quantitative estimate of drug-likeness (QED) is 0.860. The van der Waals surface area contributed by atoms with E-state index in [0.717, 1.165) is 12.1 Å². The maximum Gasteiger partial charge on any atom is 0.266 e. The number of hydrogen-bond acceptors (Lipinski definition) is 3. The highest BCUT2D eigenvalue weighted by molar-refractivity contribution is 7.92. The van der Waals surface area contributed by atoms with Gasteiger partial charge in [0.1, 0.15) is 5.82 Å². The standard InChI is InChI=1S/C18H16F3NO3S/c19-16-14(17(20)21)7-4-8-15(16)18(23)22-11-9-13(10-11)26(24,25)12-5-2-1-3-6-12/h1-8,11,13,17H,9-10H2,(H,22,23). The molecular weight excluding hydrogens is 367 g/mol. The molecule has 1 amide bonds. The molecule has 0 radical (unpaired) electrons. The van der Waals surface area contributed by atoms with Crippen molar-refractivity contribution >= 4 is 15.7 Å². The molecule has 1 saturated carbocycles. The Morgan fingerprint density at radius 1 is 1.04 bits per heavy atom. The summed E-state index contributed by atoms with van der Waals surface area (Å²) < 4.78 is 64.3. The van der Waals surface area contributed by atoms with E-state index in [-0.39, 0.29) is 17.7 Å². The van der Waals surface area contributed by atoms with Crippen LogP contribution in [0.2, 0.25) is 0 Å². The predicted molar refractivity (Wildman–Crippen MR) is 89.3 cm³/mol. The lowest BCUT2D eigenvalue weighted by molar-refractivity contribution is 0.0912. The van der Waals surface area contributed by atoms with Crippen LogP contribution in [0.5, 0.6) is 0 Å². The van der Waals surface area contributed by atoms with Crippen molar-refractivity contribution in [3.8, 4) is 0 Å². The van der Waals surface area contributed by atoms with E-state index in [4.69, 9.17) is 0 Å². The van der Waals surface area contributed by atoms with E-state index >= 15 is 0 Å². The zero-order valence-corrected chi connectivity index (χ0v) is 14.3. The SMILES string of the molecule is O=C(NC1CC(S(=O)(=O)c2ccccc2)C1)c1cccc(C(F)F)c1F. The van der Waals surface area contributed by atoms with Gasteiger partial charge in [-0.05, 0) is 31.0 Å². The number of amides is 1. The molecule has 1 N–H and O–H groups in total. The Balaban J connectivity index is 1.65. The third-order valence-electron chi connectivity index (χ3n) is 4.45. The Labute approximate surface area is 149 Å². The summed E-state index contributed by atoms with van der Waals surface area (Å²) >= 11 is 0. The Kier molecular flexibility index (Phi) is 5.04. The Morgan fingerprint density at radius 3 is 2.31 bits per heavy atom. The molecule has 8 heteroatoms. The fourth-order valence-electron chi connectivity index (χ4n) is 2.90. The Hall–Kier alpha value is -2.35. The molecule has 4 nitrogen and oxygen atoms in total. The molecule has 0 spiro atoms. The van der Waals surface area contributed by atoms with E-state index in [1.165, 1.54) is 18.2 Å². The zero-order valence-electron chi connectivity index (χ0n) is 13.5. The van der Waals surface area contributed by atoms with Crippen molar-refractivity contribution in [1.29, 1.82) is 0 Å². The highest BCUT2D eigenvalue weighted by Gasteiger charge is 2.40. The summed E-state index contributed by atoms with van der Waals surface area (Å²) in [5.41, 5.74) is -1.31. The van der Waals surface area contributed by atoms with E-state index in [9.17, 15) is 26.4 Å². The number of nitrogens with one attached hydrogen (secondary N) is 1. The van der Waals surface area contributed by atoms with Crippen LogP contribution in [-0.4, -0.2) is 25.6 Å². The third kappa shape index (κ3) is 3.46. The molecule has 0 atom stereocenters. The highest BCUT2D eigenvalue weighted by Crippen LogP contribution is 2.32. The fraction of sp³-hybridized carbons (Fsp3) is 0.278. The van der Waals surface area contributed by atoms with Gasteiger partial charge in [-0.2, -0.15) is 0 Å². The first-order chi connectivity index (χ1) is 12.3. The number of carbonyl (C=O) groups excluding carboxylic acids is 1. The number of rotatable bonds is 5. The van der Waals surface area contributed by atoms with Crippen molar-refractivity contribution < 1.29 is 26.4 Å². The molecule has 0 saturated heterocycles. The van der Waals surface area contributed by atoms with Crippen LogP contribution < -0.4 is 5.32 Å². The van der Waals surface area contributed by atoms with Crippen LogP contribution in [0.4, 0.5) is 13.2 Å². The van der Waals surface area contributed by atoms with Crippen LogP contribution >= 0.6 is 0 Å². The topological polar surface area (TPSA) is 63.2 Å². The smallest absolute Gasteiger partial charge is 0.266 e. The van der Waals surface area contributed by atoms with Gasteiger partial charge < -0.3 is 5.32 Å². The molecule has 2 aromatic rings. The van der Waals surface area contributed by atoms with Crippen LogP contribution in [0, 0.1) is 5.82 Å². The fourth-order valence-corrected chi connectivity index (χ4v) is 4.79. The van der Waals surface area contributed by atoms with Crippen molar-refractivity contribution in [2.75, 3.05) is 0 Å². The second-order valence-electron chi connectivity index (χ2n) is 6.13. The average Bonchev–Trinajstić information content (AvgIpc) is 2.58. The molecule has 0 aliphatic heterocycles. The number of carbonyl (C=O) groups is 1. The number of halogens is 3. The van der Waals surface area contributed by atoms with Gasteiger partial charge in [-0.25, -0.2) is 21.6 Å². The summed E-state index contributed by atoms with van der Waals surface area (Å²) in [6.45, 7) is 0. The summed E-state index contributed by atoms with van der Waals surface area (Å²) in [5.74, 6) is -2.08. The van der Waals surface area contributed by atoms with Crippen molar-refractivity contribution in [1.82, 2.24) is 5.32 Å². The van der Waals surface area contributed by atoms with Gasteiger partial charge in [-0.15, -0.1) is 0 Å². The number of benzene rings is 2. The molecule has 3 rings (SSSR count). The molecule has 0 heterocycles. The number of alkyl halides is 2. The normalized spacial score (nSPS) is 19.8. The lowest BCUT2D eigenvalue weighted by atomic mass is 9.92. The maximum atomic E-state index is 14.0. The number of sulfone groups is 1. The predicted octanol–water partition coefficient (Wildman–Crippen LogP) is 3.50. The minimum absolute atomic E-state index is 0.194. The van der Waals surface area contributed by atoms with E-state index in [1.807, 2.05) is 0 Å².